The van der Waals surface area contributed by atoms with Crippen LogP contribution < -0.4 is 10.1 Å². The molecule has 25 heavy (non-hydrogen) atoms. The Morgan fingerprint density at radius 3 is 2.24 bits per heavy atom. The van der Waals surface area contributed by atoms with Gasteiger partial charge in [0.25, 0.3) is 5.91 Å². The third kappa shape index (κ3) is 7.30. The molecule has 0 atom stereocenters. The van der Waals surface area contributed by atoms with Crippen molar-refractivity contribution in [3.05, 3.63) is 58.6 Å². The molecule has 0 heterocycles. The lowest BCUT2D eigenvalue weighted by Gasteiger charge is -2.08. The Bertz CT molecular complexity index is 638. The second kappa shape index (κ2) is 10.9. The minimum Gasteiger partial charge on any atom is -0.494 e. The minimum absolute atomic E-state index is 0.121. The molecule has 0 saturated carbocycles. The summed E-state index contributed by atoms with van der Waals surface area (Å²) in [6.07, 6.45) is 7.50. The largest absolute Gasteiger partial charge is 0.494 e. The summed E-state index contributed by atoms with van der Waals surface area (Å²) in [5.41, 5.74) is 1.39. The number of hydrogen-bond acceptors (Lipinski definition) is 2. The van der Waals surface area contributed by atoms with Gasteiger partial charge in [-0.25, -0.2) is 0 Å². The number of rotatable bonds is 10. The predicted molar refractivity (Wildman–Crippen MR) is 107 cm³/mol. The van der Waals surface area contributed by atoms with Gasteiger partial charge in [-0.15, -0.1) is 0 Å². The Morgan fingerprint density at radius 2 is 1.56 bits per heavy atom. The zero-order valence-electron chi connectivity index (χ0n) is 14.8. The van der Waals surface area contributed by atoms with Crippen molar-refractivity contribution in [2.75, 3.05) is 11.9 Å². The van der Waals surface area contributed by atoms with Gasteiger partial charge in [0.2, 0.25) is 0 Å². The number of carbonyl (C=O) groups excluding carboxylic acids is 1. The summed E-state index contributed by atoms with van der Waals surface area (Å²) >= 11 is 3.38. The van der Waals surface area contributed by atoms with Crippen molar-refractivity contribution in [1.82, 2.24) is 0 Å². The summed E-state index contributed by atoms with van der Waals surface area (Å²) in [7, 11) is 0. The van der Waals surface area contributed by atoms with Crippen molar-refractivity contribution in [2.24, 2.45) is 0 Å². The smallest absolute Gasteiger partial charge is 0.255 e. The first-order chi connectivity index (χ1) is 12.2. The molecule has 0 aliphatic heterocycles. The lowest BCUT2D eigenvalue weighted by molar-refractivity contribution is 0.102. The van der Waals surface area contributed by atoms with Crippen LogP contribution in [0.25, 0.3) is 0 Å². The van der Waals surface area contributed by atoms with E-state index in [-0.39, 0.29) is 5.91 Å². The number of hydrogen-bond donors (Lipinski definition) is 1. The highest BCUT2D eigenvalue weighted by atomic mass is 79.9. The van der Waals surface area contributed by atoms with Gasteiger partial charge in [0, 0.05) is 15.7 Å². The lowest BCUT2D eigenvalue weighted by atomic mass is 10.1. The average molecular weight is 404 g/mol. The quantitative estimate of drug-likeness (QED) is 0.463. The molecule has 0 aliphatic rings. The van der Waals surface area contributed by atoms with Gasteiger partial charge in [0.15, 0.2) is 0 Å². The van der Waals surface area contributed by atoms with Gasteiger partial charge in [-0.2, -0.15) is 0 Å². The molecule has 2 rings (SSSR count). The van der Waals surface area contributed by atoms with E-state index in [2.05, 4.69) is 28.2 Å². The number of anilines is 1. The monoisotopic (exact) mass is 403 g/mol. The number of halogens is 1. The van der Waals surface area contributed by atoms with E-state index in [1.54, 1.807) is 12.1 Å². The number of amides is 1. The first-order valence-corrected chi connectivity index (χ1v) is 9.78. The molecular weight excluding hydrogens is 378 g/mol. The molecule has 0 radical (unpaired) electrons. The molecule has 3 nitrogen and oxygen atoms in total. The number of nitrogens with one attached hydrogen (secondary N) is 1. The van der Waals surface area contributed by atoms with Gasteiger partial charge >= 0.3 is 0 Å². The molecule has 4 heteroatoms. The fraction of sp³-hybridized carbons (Fsp3) is 0.381. The van der Waals surface area contributed by atoms with Gasteiger partial charge < -0.3 is 10.1 Å². The first kappa shape index (κ1) is 19.5. The molecule has 0 aromatic heterocycles. The molecule has 2 aromatic rings. The molecular formula is C21H26BrNO2. The van der Waals surface area contributed by atoms with Crippen LogP contribution in [0.5, 0.6) is 5.75 Å². The second-order valence-corrected chi connectivity index (χ2v) is 7.02. The fourth-order valence-electron chi connectivity index (χ4n) is 2.51. The van der Waals surface area contributed by atoms with Crippen molar-refractivity contribution in [1.29, 1.82) is 0 Å². The molecule has 0 saturated heterocycles. The van der Waals surface area contributed by atoms with Crippen LogP contribution in [-0.4, -0.2) is 12.5 Å². The standard InChI is InChI=1S/C21H26BrNO2/c1-2-3-4-5-6-7-16-25-20-14-8-17(9-15-20)21(24)23-19-12-10-18(22)11-13-19/h8-15H,2-7,16H2,1H3,(H,23,24). The van der Waals surface area contributed by atoms with Gasteiger partial charge in [-0.3, -0.25) is 4.79 Å². The minimum atomic E-state index is -0.121. The van der Waals surface area contributed by atoms with Gasteiger partial charge in [0.1, 0.15) is 5.75 Å². The van der Waals surface area contributed by atoms with Gasteiger partial charge in [-0.05, 0) is 55.0 Å². The Labute approximate surface area is 158 Å². The lowest BCUT2D eigenvalue weighted by Crippen LogP contribution is -2.11. The highest BCUT2D eigenvalue weighted by molar-refractivity contribution is 9.10. The van der Waals surface area contributed by atoms with E-state index in [1.807, 2.05) is 36.4 Å². The van der Waals surface area contributed by atoms with E-state index < -0.39 is 0 Å². The normalized spacial score (nSPS) is 10.5. The zero-order chi connectivity index (χ0) is 17.9. The van der Waals surface area contributed by atoms with Crippen molar-refractivity contribution in [2.45, 2.75) is 45.4 Å². The highest BCUT2D eigenvalue weighted by Crippen LogP contribution is 2.17. The van der Waals surface area contributed by atoms with Crippen LogP contribution in [0.2, 0.25) is 0 Å². The third-order valence-electron chi connectivity index (χ3n) is 3.99. The molecule has 0 spiro atoms. The summed E-state index contributed by atoms with van der Waals surface area (Å²) in [5.74, 6) is 0.693. The van der Waals surface area contributed by atoms with Crippen LogP contribution in [0.4, 0.5) is 5.69 Å². The third-order valence-corrected chi connectivity index (χ3v) is 4.51. The Balaban J connectivity index is 1.73. The van der Waals surface area contributed by atoms with E-state index >= 15 is 0 Å². The van der Waals surface area contributed by atoms with Crippen LogP contribution in [0.15, 0.2) is 53.0 Å². The summed E-state index contributed by atoms with van der Waals surface area (Å²) in [6.45, 7) is 2.96. The van der Waals surface area contributed by atoms with Crippen LogP contribution in [-0.2, 0) is 0 Å². The summed E-state index contributed by atoms with van der Waals surface area (Å²) in [5, 5.41) is 2.88. The molecule has 0 bridgehead atoms. The van der Waals surface area contributed by atoms with Crippen molar-refractivity contribution < 1.29 is 9.53 Å². The fourth-order valence-corrected chi connectivity index (χ4v) is 2.78. The average Bonchev–Trinajstić information content (AvgIpc) is 2.63. The molecule has 1 amide bonds. The summed E-state index contributed by atoms with van der Waals surface area (Å²) in [4.78, 5) is 12.2. The molecule has 0 aliphatic carbocycles. The number of ether oxygens (including phenoxy) is 1. The predicted octanol–water partition coefficient (Wildman–Crippen LogP) is 6.44. The number of benzene rings is 2. The SMILES string of the molecule is CCCCCCCCOc1ccc(C(=O)Nc2ccc(Br)cc2)cc1. The molecule has 134 valence electrons. The molecule has 2 aromatic carbocycles. The summed E-state index contributed by atoms with van der Waals surface area (Å²) in [6, 6.07) is 14.8. The van der Waals surface area contributed by atoms with Crippen molar-refractivity contribution >= 4 is 27.5 Å². The number of carbonyl (C=O) groups is 1. The van der Waals surface area contributed by atoms with Crippen LogP contribution in [0.1, 0.15) is 55.8 Å². The van der Waals surface area contributed by atoms with Crippen LogP contribution >= 0.6 is 15.9 Å². The molecule has 0 fully saturated rings. The van der Waals surface area contributed by atoms with Crippen molar-refractivity contribution in [3.8, 4) is 5.75 Å². The van der Waals surface area contributed by atoms with E-state index in [4.69, 9.17) is 4.74 Å². The topological polar surface area (TPSA) is 38.3 Å². The summed E-state index contributed by atoms with van der Waals surface area (Å²) < 4.78 is 6.73. The molecule has 0 unspecified atom stereocenters. The van der Waals surface area contributed by atoms with Gasteiger partial charge in [-0.1, -0.05) is 55.0 Å². The molecule has 1 N–H and O–H groups in total. The maximum atomic E-state index is 12.2. The van der Waals surface area contributed by atoms with E-state index in [9.17, 15) is 4.79 Å². The van der Waals surface area contributed by atoms with Crippen molar-refractivity contribution in [3.63, 3.8) is 0 Å². The van der Waals surface area contributed by atoms with E-state index in [0.717, 1.165) is 28.9 Å². The maximum absolute atomic E-state index is 12.2. The Kier molecular flexibility index (Phi) is 8.53. The number of unbranched alkanes of at least 4 members (excludes halogenated alkanes) is 5. The van der Waals surface area contributed by atoms with Crippen LogP contribution in [0.3, 0.4) is 0 Å². The Hall–Kier alpha value is -1.81. The maximum Gasteiger partial charge on any atom is 0.255 e. The van der Waals surface area contributed by atoms with Crippen LogP contribution in [0, 0.1) is 0 Å². The Morgan fingerprint density at radius 1 is 0.920 bits per heavy atom. The highest BCUT2D eigenvalue weighted by Gasteiger charge is 2.06. The second-order valence-electron chi connectivity index (χ2n) is 6.10. The van der Waals surface area contributed by atoms with E-state index in [1.165, 1.54) is 32.1 Å². The van der Waals surface area contributed by atoms with Gasteiger partial charge in [0.05, 0.1) is 6.61 Å². The first-order valence-electron chi connectivity index (χ1n) is 8.99. The van der Waals surface area contributed by atoms with E-state index in [0.29, 0.717) is 5.56 Å². The zero-order valence-corrected chi connectivity index (χ0v) is 16.3.